The minimum atomic E-state index is -0.149. The van der Waals surface area contributed by atoms with Crippen molar-refractivity contribution in [3.05, 3.63) is 34.2 Å². The maximum absolute atomic E-state index is 11.3. The number of aromatic amines is 2. The molecule has 1 aromatic carbocycles. The monoisotopic (exact) mass is 274 g/mol. The Hall–Kier alpha value is -1.59. The van der Waals surface area contributed by atoms with Gasteiger partial charge in [0.2, 0.25) is 0 Å². The molecule has 0 amide bonds. The van der Waals surface area contributed by atoms with Crippen LogP contribution >= 0.6 is 0 Å². The van der Waals surface area contributed by atoms with E-state index in [-0.39, 0.29) is 11.7 Å². The molecule has 1 aliphatic heterocycles. The van der Waals surface area contributed by atoms with Crippen molar-refractivity contribution in [2.45, 2.75) is 38.3 Å². The van der Waals surface area contributed by atoms with Crippen molar-refractivity contribution in [3.8, 4) is 0 Å². The summed E-state index contributed by atoms with van der Waals surface area (Å²) in [6.45, 7) is 4.29. The second-order valence-electron chi connectivity index (χ2n) is 5.66. The largest absolute Gasteiger partial charge is 0.323 e. The van der Waals surface area contributed by atoms with E-state index in [1.54, 1.807) is 0 Å². The molecule has 0 aliphatic carbocycles. The molecule has 0 radical (unpaired) electrons. The summed E-state index contributed by atoms with van der Waals surface area (Å²) in [6, 6.07) is 6.93. The maximum atomic E-state index is 11.3. The van der Waals surface area contributed by atoms with Gasteiger partial charge >= 0.3 is 5.69 Å². The van der Waals surface area contributed by atoms with Crippen molar-refractivity contribution in [3.63, 3.8) is 0 Å². The molecule has 2 atom stereocenters. The Labute approximate surface area is 118 Å². The number of aromatic nitrogens is 2. The van der Waals surface area contributed by atoms with Crippen molar-refractivity contribution in [1.82, 2.24) is 20.6 Å². The van der Waals surface area contributed by atoms with E-state index in [4.69, 9.17) is 0 Å². The zero-order chi connectivity index (χ0) is 13.9. The number of H-pyrrole nitrogens is 2. The van der Waals surface area contributed by atoms with Crippen LogP contribution in [0.2, 0.25) is 0 Å². The number of imidazole rings is 1. The number of nitrogens with one attached hydrogen (secondary N) is 4. The van der Waals surface area contributed by atoms with E-state index >= 15 is 0 Å². The van der Waals surface area contributed by atoms with Crippen LogP contribution < -0.4 is 16.3 Å². The fourth-order valence-corrected chi connectivity index (χ4v) is 2.85. The van der Waals surface area contributed by atoms with Gasteiger partial charge in [0.25, 0.3) is 0 Å². The third-order valence-electron chi connectivity index (χ3n) is 4.12. The number of rotatable bonds is 4. The number of hydrogen-bond acceptors (Lipinski definition) is 3. The summed E-state index contributed by atoms with van der Waals surface area (Å²) in [5, 5.41) is 7.12. The molecule has 0 spiro atoms. The minimum Gasteiger partial charge on any atom is -0.313 e. The Morgan fingerprint density at radius 3 is 2.95 bits per heavy atom. The predicted molar refractivity (Wildman–Crippen MR) is 81.0 cm³/mol. The smallest absolute Gasteiger partial charge is 0.313 e. The van der Waals surface area contributed by atoms with Crippen LogP contribution in [0.1, 0.15) is 37.8 Å². The van der Waals surface area contributed by atoms with Gasteiger partial charge < -0.3 is 20.6 Å². The van der Waals surface area contributed by atoms with Crippen LogP contribution in [0.4, 0.5) is 0 Å². The van der Waals surface area contributed by atoms with Crippen molar-refractivity contribution in [2.75, 3.05) is 13.1 Å². The highest BCUT2D eigenvalue weighted by molar-refractivity contribution is 5.75. The summed E-state index contributed by atoms with van der Waals surface area (Å²) in [6.07, 6.45) is 3.87. The normalized spacial score (nSPS) is 21.1. The topological polar surface area (TPSA) is 72.7 Å². The Kier molecular flexibility index (Phi) is 3.89. The molecule has 1 fully saturated rings. The van der Waals surface area contributed by atoms with Gasteiger partial charge in [-0.05, 0) is 44.0 Å². The van der Waals surface area contributed by atoms with Gasteiger partial charge in [0, 0.05) is 18.6 Å². The Morgan fingerprint density at radius 2 is 2.15 bits per heavy atom. The van der Waals surface area contributed by atoms with Gasteiger partial charge in [0.15, 0.2) is 0 Å². The van der Waals surface area contributed by atoms with Crippen LogP contribution in [0.5, 0.6) is 0 Å². The fraction of sp³-hybridized carbons (Fsp3) is 0.533. The molecule has 108 valence electrons. The molecule has 3 rings (SSSR count). The quantitative estimate of drug-likeness (QED) is 0.685. The van der Waals surface area contributed by atoms with E-state index in [9.17, 15) is 4.79 Å². The molecular weight excluding hydrogens is 252 g/mol. The van der Waals surface area contributed by atoms with E-state index in [1.807, 2.05) is 12.1 Å². The number of hydrogen-bond donors (Lipinski definition) is 4. The van der Waals surface area contributed by atoms with E-state index in [1.165, 1.54) is 24.8 Å². The van der Waals surface area contributed by atoms with Crippen LogP contribution in [-0.4, -0.2) is 29.1 Å². The first-order valence-corrected chi connectivity index (χ1v) is 7.41. The van der Waals surface area contributed by atoms with Gasteiger partial charge in [-0.3, -0.25) is 0 Å². The highest BCUT2D eigenvalue weighted by Crippen LogP contribution is 2.17. The van der Waals surface area contributed by atoms with Crippen LogP contribution in [0.3, 0.4) is 0 Å². The lowest BCUT2D eigenvalue weighted by atomic mass is 10.0. The Balaban J connectivity index is 1.65. The molecule has 0 bridgehead atoms. The molecule has 5 heteroatoms. The van der Waals surface area contributed by atoms with E-state index in [0.717, 1.165) is 24.1 Å². The Morgan fingerprint density at radius 1 is 1.30 bits per heavy atom. The van der Waals surface area contributed by atoms with Crippen molar-refractivity contribution < 1.29 is 0 Å². The van der Waals surface area contributed by atoms with Gasteiger partial charge in [-0.25, -0.2) is 4.79 Å². The number of fused-ring (bicyclic) bond motifs is 1. The Bertz CT molecular complexity index is 624. The molecule has 1 aromatic heterocycles. The molecule has 2 aromatic rings. The van der Waals surface area contributed by atoms with Crippen molar-refractivity contribution in [1.29, 1.82) is 0 Å². The molecule has 4 N–H and O–H groups in total. The first kappa shape index (κ1) is 13.4. The SMILES string of the molecule is CC(NCC1CCCCN1)c1ccc2[nH]c(=O)[nH]c2c1. The molecular formula is C15H22N4O. The highest BCUT2D eigenvalue weighted by atomic mass is 16.1. The lowest BCUT2D eigenvalue weighted by molar-refractivity contribution is 0.371. The van der Waals surface area contributed by atoms with Crippen LogP contribution in [0.15, 0.2) is 23.0 Å². The van der Waals surface area contributed by atoms with Gasteiger partial charge in [-0.1, -0.05) is 12.5 Å². The predicted octanol–water partition coefficient (Wildman–Crippen LogP) is 1.65. The zero-order valence-corrected chi connectivity index (χ0v) is 11.8. The maximum Gasteiger partial charge on any atom is 0.323 e. The van der Waals surface area contributed by atoms with E-state index in [2.05, 4.69) is 33.6 Å². The summed E-state index contributed by atoms with van der Waals surface area (Å²) >= 11 is 0. The second-order valence-corrected chi connectivity index (χ2v) is 5.66. The number of benzene rings is 1. The van der Waals surface area contributed by atoms with Gasteiger partial charge in [0.05, 0.1) is 11.0 Å². The first-order chi connectivity index (χ1) is 9.72. The summed E-state index contributed by atoms with van der Waals surface area (Å²) < 4.78 is 0. The van der Waals surface area contributed by atoms with Crippen molar-refractivity contribution >= 4 is 11.0 Å². The van der Waals surface area contributed by atoms with Crippen LogP contribution in [-0.2, 0) is 0 Å². The van der Waals surface area contributed by atoms with E-state index < -0.39 is 0 Å². The fourth-order valence-electron chi connectivity index (χ4n) is 2.85. The molecule has 5 nitrogen and oxygen atoms in total. The lowest BCUT2D eigenvalue weighted by Gasteiger charge is -2.25. The first-order valence-electron chi connectivity index (χ1n) is 7.41. The van der Waals surface area contributed by atoms with Crippen LogP contribution in [0, 0.1) is 0 Å². The molecule has 2 heterocycles. The minimum absolute atomic E-state index is 0.149. The average molecular weight is 274 g/mol. The van der Waals surface area contributed by atoms with E-state index in [0.29, 0.717) is 6.04 Å². The second kappa shape index (κ2) is 5.81. The average Bonchev–Trinajstić information content (AvgIpc) is 2.85. The standard InChI is InChI=1S/C15H22N4O/c1-10(17-9-12-4-2-3-7-16-12)11-5-6-13-14(8-11)19-15(20)18-13/h5-6,8,10,12,16-17H,2-4,7,9H2,1H3,(H2,18,19,20). The summed E-state index contributed by atoms with van der Waals surface area (Å²) in [7, 11) is 0. The van der Waals surface area contributed by atoms with Gasteiger partial charge in [-0.2, -0.15) is 0 Å². The third-order valence-corrected chi connectivity index (χ3v) is 4.12. The molecule has 0 saturated carbocycles. The molecule has 20 heavy (non-hydrogen) atoms. The van der Waals surface area contributed by atoms with Crippen LogP contribution in [0.25, 0.3) is 11.0 Å². The number of piperidine rings is 1. The zero-order valence-electron chi connectivity index (χ0n) is 11.8. The van der Waals surface area contributed by atoms with Gasteiger partial charge in [-0.15, -0.1) is 0 Å². The summed E-state index contributed by atoms with van der Waals surface area (Å²) in [4.78, 5) is 16.8. The molecule has 1 aliphatic rings. The summed E-state index contributed by atoms with van der Waals surface area (Å²) in [5.41, 5.74) is 2.78. The van der Waals surface area contributed by atoms with Crippen molar-refractivity contribution in [2.24, 2.45) is 0 Å². The lowest BCUT2D eigenvalue weighted by Crippen LogP contribution is -2.42. The summed E-state index contributed by atoms with van der Waals surface area (Å²) in [5.74, 6) is 0. The third kappa shape index (κ3) is 2.94. The molecule has 1 saturated heterocycles. The van der Waals surface area contributed by atoms with Gasteiger partial charge in [0.1, 0.15) is 0 Å². The highest BCUT2D eigenvalue weighted by Gasteiger charge is 2.14. The molecule has 2 unspecified atom stereocenters.